The number of fused-ring (bicyclic) bond motifs is 1. The summed E-state index contributed by atoms with van der Waals surface area (Å²) in [6, 6.07) is 8.07. The predicted molar refractivity (Wildman–Crippen MR) is 76.0 cm³/mol. The highest BCUT2D eigenvalue weighted by Gasteiger charge is 2.42. The Balaban J connectivity index is 1.70. The largest absolute Gasteiger partial charge is 0.488 e. The number of carboxylic acids is 1. The number of carboxylic acid groups (broad SMARTS) is 1. The first-order valence-corrected chi connectivity index (χ1v) is 7.32. The topological polar surface area (TPSA) is 49.8 Å². The van der Waals surface area contributed by atoms with Gasteiger partial charge >= 0.3 is 5.97 Å². The van der Waals surface area contributed by atoms with Crippen LogP contribution in [0.2, 0.25) is 0 Å². The lowest BCUT2D eigenvalue weighted by atomic mass is 9.88. The molecule has 1 fully saturated rings. The van der Waals surface area contributed by atoms with Gasteiger partial charge in [0.15, 0.2) is 0 Å². The van der Waals surface area contributed by atoms with Crippen molar-refractivity contribution in [2.75, 3.05) is 13.1 Å². The van der Waals surface area contributed by atoms with Gasteiger partial charge in [-0.05, 0) is 44.4 Å². The first kappa shape index (κ1) is 13.4. The van der Waals surface area contributed by atoms with E-state index < -0.39 is 11.5 Å². The molecule has 1 aromatic rings. The molecule has 0 amide bonds. The van der Waals surface area contributed by atoms with Crippen molar-refractivity contribution >= 4 is 5.97 Å². The highest BCUT2D eigenvalue weighted by Crippen LogP contribution is 2.32. The molecule has 0 aromatic heterocycles. The molecule has 0 bridgehead atoms. The van der Waals surface area contributed by atoms with Gasteiger partial charge in [0, 0.05) is 13.0 Å². The molecule has 20 heavy (non-hydrogen) atoms. The van der Waals surface area contributed by atoms with Crippen LogP contribution in [0.4, 0.5) is 0 Å². The van der Waals surface area contributed by atoms with Crippen LogP contribution in [0, 0.1) is 0 Å². The van der Waals surface area contributed by atoms with E-state index in [1.807, 2.05) is 25.1 Å². The van der Waals surface area contributed by atoms with Crippen molar-refractivity contribution < 1.29 is 14.6 Å². The van der Waals surface area contributed by atoms with Crippen LogP contribution in [0.5, 0.6) is 5.75 Å². The molecule has 0 spiro atoms. The number of para-hydroxylation sites is 1. The highest BCUT2D eigenvalue weighted by atomic mass is 16.5. The van der Waals surface area contributed by atoms with Crippen molar-refractivity contribution in [1.29, 1.82) is 0 Å². The van der Waals surface area contributed by atoms with E-state index in [4.69, 9.17) is 4.74 Å². The van der Waals surface area contributed by atoms with Crippen molar-refractivity contribution in [3.63, 3.8) is 0 Å². The van der Waals surface area contributed by atoms with E-state index in [9.17, 15) is 9.90 Å². The molecule has 2 aliphatic rings. The fourth-order valence-corrected chi connectivity index (χ4v) is 3.31. The maximum absolute atomic E-state index is 11.6. The molecule has 2 heterocycles. The predicted octanol–water partition coefficient (Wildman–Crippen LogP) is 2.32. The minimum atomic E-state index is -0.740. The van der Waals surface area contributed by atoms with E-state index in [2.05, 4.69) is 11.0 Å². The van der Waals surface area contributed by atoms with Gasteiger partial charge in [-0.1, -0.05) is 18.2 Å². The molecule has 2 aliphatic heterocycles. The summed E-state index contributed by atoms with van der Waals surface area (Å²) >= 11 is 0. The number of aliphatic carboxylic acids is 1. The van der Waals surface area contributed by atoms with Gasteiger partial charge in [0.2, 0.25) is 0 Å². The zero-order chi connectivity index (χ0) is 14.2. The second-order valence-corrected chi connectivity index (χ2v) is 6.03. The number of ether oxygens (including phenoxy) is 1. The number of hydrogen-bond acceptors (Lipinski definition) is 3. The molecule has 108 valence electrons. The number of benzene rings is 1. The van der Waals surface area contributed by atoms with Crippen molar-refractivity contribution in [2.45, 2.75) is 44.2 Å². The quantitative estimate of drug-likeness (QED) is 0.919. The highest BCUT2D eigenvalue weighted by molar-refractivity contribution is 5.78. The number of hydrogen-bond donors (Lipinski definition) is 1. The molecule has 2 unspecified atom stereocenters. The maximum Gasteiger partial charge on any atom is 0.323 e. The van der Waals surface area contributed by atoms with Crippen molar-refractivity contribution in [2.24, 2.45) is 0 Å². The first-order valence-electron chi connectivity index (χ1n) is 7.32. The molecule has 2 atom stereocenters. The van der Waals surface area contributed by atoms with Crippen LogP contribution in [-0.4, -0.2) is 40.7 Å². The van der Waals surface area contributed by atoms with Gasteiger partial charge in [0.1, 0.15) is 17.4 Å². The van der Waals surface area contributed by atoms with Crippen LogP contribution in [0.15, 0.2) is 24.3 Å². The van der Waals surface area contributed by atoms with E-state index in [-0.39, 0.29) is 6.10 Å². The Morgan fingerprint density at radius 1 is 1.45 bits per heavy atom. The molecular weight excluding hydrogens is 254 g/mol. The second kappa shape index (κ2) is 5.09. The zero-order valence-corrected chi connectivity index (χ0v) is 11.8. The molecule has 4 heteroatoms. The maximum atomic E-state index is 11.6. The van der Waals surface area contributed by atoms with Gasteiger partial charge in [-0.25, -0.2) is 0 Å². The summed E-state index contributed by atoms with van der Waals surface area (Å²) in [7, 11) is 0. The third-order valence-electron chi connectivity index (χ3n) is 4.64. The van der Waals surface area contributed by atoms with Gasteiger partial charge in [0.05, 0.1) is 0 Å². The third-order valence-corrected chi connectivity index (χ3v) is 4.64. The molecule has 4 nitrogen and oxygen atoms in total. The fourth-order valence-electron chi connectivity index (χ4n) is 3.31. The number of nitrogens with zero attached hydrogens (tertiary/aromatic N) is 1. The molecule has 1 saturated heterocycles. The van der Waals surface area contributed by atoms with Gasteiger partial charge < -0.3 is 9.84 Å². The lowest BCUT2D eigenvalue weighted by molar-refractivity contribution is -0.153. The SMILES string of the molecule is CC1(C(=O)O)CCCCN1CC1Cc2ccccc2O1. The van der Waals surface area contributed by atoms with Crippen molar-refractivity contribution in [3.05, 3.63) is 29.8 Å². The summed E-state index contributed by atoms with van der Waals surface area (Å²) in [5, 5.41) is 9.53. The number of rotatable bonds is 3. The van der Waals surface area contributed by atoms with E-state index in [0.717, 1.165) is 38.0 Å². The lowest BCUT2D eigenvalue weighted by Crippen LogP contribution is -2.57. The molecule has 0 radical (unpaired) electrons. The van der Waals surface area contributed by atoms with Crippen LogP contribution in [-0.2, 0) is 11.2 Å². The van der Waals surface area contributed by atoms with Gasteiger partial charge in [-0.3, -0.25) is 9.69 Å². The third kappa shape index (κ3) is 2.29. The minimum Gasteiger partial charge on any atom is -0.488 e. The van der Waals surface area contributed by atoms with Crippen LogP contribution >= 0.6 is 0 Å². The molecular formula is C16H21NO3. The van der Waals surface area contributed by atoms with Crippen molar-refractivity contribution in [1.82, 2.24) is 4.90 Å². The molecule has 1 aromatic carbocycles. The second-order valence-electron chi connectivity index (χ2n) is 6.03. The Bertz CT molecular complexity index is 491. The zero-order valence-electron chi connectivity index (χ0n) is 11.8. The summed E-state index contributed by atoms with van der Waals surface area (Å²) in [4.78, 5) is 13.7. The van der Waals surface area contributed by atoms with E-state index in [1.54, 1.807) is 0 Å². The smallest absolute Gasteiger partial charge is 0.323 e. The van der Waals surface area contributed by atoms with E-state index in [0.29, 0.717) is 6.54 Å². The number of piperidine rings is 1. The Hall–Kier alpha value is -1.55. The molecule has 1 N–H and O–H groups in total. The fraction of sp³-hybridized carbons (Fsp3) is 0.562. The average molecular weight is 275 g/mol. The lowest BCUT2D eigenvalue weighted by Gasteiger charge is -2.42. The normalized spacial score (nSPS) is 29.8. The summed E-state index contributed by atoms with van der Waals surface area (Å²) in [6.45, 7) is 3.38. The van der Waals surface area contributed by atoms with Gasteiger partial charge in [-0.2, -0.15) is 0 Å². The van der Waals surface area contributed by atoms with Crippen LogP contribution in [0.1, 0.15) is 31.7 Å². The molecule has 0 aliphatic carbocycles. The van der Waals surface area contributed by atoms with Gasteiger partial charge in [-0.15, -0.1) is 0 Å². The Morgan fingerprint density at radius 3 is 3.00 bits per heavy atom. The summed E-state index contributed by atoms with van der Waals surface area (Å²) in [6.07, 6.45) is 3.74. The van der Waals surface area contributed by atoms with Crippen LogP contribution in [0.25, 0.3) is 0 Å². The Kier molecular flexibility index (Phi) is 3.42. The Morgan fingerprint density at radius 2 is 2.25 bits per heavy atom. The molecule has 0 saturated carbocycles. The van der Waals surface area contributed by atoms with Crippen LogP contribution < -0.4 is 4.74 Å². The van der Waals surface area contributed by atoms with Crippen molar-refractivity contribution in [3.8, 4) is 5.75 Å². The summed E-state index contributed by atoms with van der Waals surface area (Å²) < 4.78 is 5.95. The molecule has 3 rings (SSSR count). The average Bonchev–Trinajstić information content (AvgIpc) is 2.83. The number of carbonyl (C=O) groups is 1. The Labute approximate surface area is 119 Å². The van der Waals surface area contributed by atoms with E-state index in [1.165, 1.54) is 5.56 Å². The van der Waals surface area contributed by atoms with Crippen LogP contribution in [0.3, 0.4) is 0 Å². The standard InChI is InChI=1S/C16H21NO3/c1-16(15(18)19)8-4-5-9-17(16)11-13-10-12-6-2-3-7-14(12)20-13/h2-3,6-7,13H,4-5,8-11H2,1H3,(H,18,19). The number of likely N-dealkylation sites (tertiary alicyclic amines) is 1. The monoisotopic (exact) mass is 275 g/mol. The minimum absolute atomic E-state index is 0.0733. The van der Waals surface area contributed by atoms with E-state index >= 15 is 0 Å². The first-order chi connectivity index (χ1) is 9.59. The summed E-state index contributed by atoms with van der Waals surface area (Å²) in [5.41, 5.74) is 0.489. The summed E-state index contributed by atoms with van der Waals surface area (Å²) in [5.74, 6) is 0.235. The van der Waals surface area contributed by atoms with Gasteiger partial charge in [0.25, 0.3) is 0 Å².